The number of rotatable bonds is 8. The van der Waals surface area contributed by atoms with E-state index in [0.29, 0.717) is 18.5 Å². The van der Waals surface area contributed by atoms with Gasteiger partial charge >= 0.3 is 5.97 Å². The van der Waals surface area contributed by atoms with E-state index in [1.807, 2.05) is 66.7 Å². The number of ether oxygens (including phenoxy) is 2. The highest BCUT2D eigenvalue weighted by molar-refractivity contribution is 5.98. The van der Waals surface area contributed by atoms with Crippen molar-refractivity contribution in [3.05, 3.63) is 90.0 Å². The molecule has 1 amide bonds. The number of amides is 1. The number of nitrogens with one attached hydrogen (secondary N) is 1. The summed E-state index contributed by atoms with van der Waals surface area (Å²) in [6.45, 7) is 0.147. The van der Waals surface area contributed by atoms with E-state index in [2.05, 4.69) is 5.32 Å². The Morgan fingerprint density at radius 2 is 1.55 bits per heavy atom. The maximum atomic E-state index is 12.5. The van der Waals surface area contributed by atoms with Crippen LogP contribution in [0.15, 0.2) is 78.9 Å². The average Bonchev–Trinajstić information content (AvgIpc) is 2.78. The van der Waals surface area contributed by atoms with Crippen LogP contribution in [-0.2, 0) is 16.0 Å². The van der Waals surface area contributed by atoms with Gasteiger partial charge < -0.3 is 14.8 Å². The van der Waals surface area contributed by atoms with Crippen LogP contribution in [0.2, 0.25) is 0 Å². The van der Waals surface area contributed by atoms with Gasteiger partial charge in [0.1, 0.15) is 5.75 Å². The smallest absolute Gasteiger partial charge is 0.339 e. The molecule has 0 radical (unpaired) electrons. The standard InChI is InChI=1S/C24H23NO4/c1-28-20-13-11-18(12-14-20)15-16-25-23(26)17-29-24(27)22-10-6-5-9-21(22)19-7-3-2-4-8-19/h2-14H,15-17H2,1H3,(H,25,26). The number of carbonyl (C=O) groups is 2. The van der Waals surface area contributed by atoms with E-state index >= 15 is 0 Å². The van der Waals surface area contributed by atoms with Crippen LogP contribution in [0, 0.1) is 0 Å². The molecule has 0 aliphatic rings. The number of carbonyl (C=O) groups excluding carboxylic acids is 2. The molecule has 5 heteroatoms. The molecule has 3 rings (SSSR count). The number of esters is 1. The Balaban J connectivity index is 1.50. The fourth-order valence-electron chi connectivity index (χ4n) is 2.93. The third-order valence-electron chi connectivity index (χ3n) is 4.46. The van der Waals surface area contributed by atoms with Gasteiger partial charge in [0, 0.05) is 6.54 Å². The lowest BCUT2D eigenvalue weighted by molar-refractivity contribution is -0.124. The molecular formula is C24H23NO4. The van der Waals surface area contributed by atoms with Crippen molar-refractivity contribution in [3.63, 3.8) is 0 Å². The molecule has 0 saturated carbocycles. The fraction of sp³-hybridized carbons (Fsp3) is 0.167. The zero-order valence-electron chi connectivity index (χ0n) is 16.3. The minimum atomic E-state index is -0.519. The van der Waals surface area contributed by atoms with Crippen LogP contribution in [0.5, 0.6) is 5.75 Å². The predicted octanol–water partition coefficient (Wildman–Crippen LogP) is 3.88. The Hall–Kier alpha value is -3.60. The van der Waals surface area contributed by atoms with E-state index in [-0.39, 0.29) is 12.5 Å². The van der Waals surface area contributed by atoms with Crippen LogP contribution in [0.25, 0.3) is 11.1 Å². The second-order valence-corrected chi connectivity index (χ2v) is 6.44. The van der Waals surface area contributed by atoms with Crippen molar-refractivity contribution in [1.29, 1.82) is 0 Å². The lowest BCUT2D eigenvalue weighted by Crippen LogP contribution is -2.30. The topological polar surface area (TPSA) is 64.6 Å². The molecule has 0 aliphatic carbocycles. The van der Waals surface area contributed by atoms with Gasteiger partial charge in [0.2, 0.25) is 0 Å². The van der Waals surface area contributed by atoms with Crippen molar-refractivity contribution >= 4 is 11.9 Å². The molecule has 0 unspecified atom stereocenters. The fourth-order valence-corrected chi connectivity index (χ4v) is 2.93. The molecule has 0 spiro atoms. The Labute approximate surface area is 170 Å². The van der Waals surface area contributed by atoms with Crippen LogP contribution in [0.1, 0.15) is 15.9 Å². The normalized spacial score (nSPS) is 10.2. The van der Waals surface area contributed by atoms with E-state index in [1.54, 1.807) is 19.2 Å². The first-order valence-electron chi connectivity index (χ1n) is 9.38. The molecule has 1 N–H and O–H groups in total. The second kappa shape index (κ2) is 10.1. The van der Waals surface area contributed by atoms with E-state index in [4.69, 9.17) is 9.47 Å². The van der Waals surface area contributed by atoms with Crippen LogP contribution in [-0.4, -0.2) is 32.1 Å². The molecule has 148 valence electrons. The summed E-state index contributed by atoms with van der Waals surface area (Å²) in [6, 6.07) is 24.5. The Morgan fingerprint density at radius 1 is 0.862 bits per heavy atom. The summed E-state index contributed by atoms with van der Waals surface area (Å²) in [5.74, 6) is -0.0562. The lowest BCUT2D eigenvalue weighted by Gasteiger charge is -2.10. The molecule has 0 saturated heterocycles. The number of benzene rings is 3. The van der Waals surface area contributed by atoms with Crippen molar-refractivity contribution in [3.8, 4) is 16.9 Å². The van der Waals surface area contributed by atoms with Crippen LogP contribution in [0.3, 0.4) is 0 Å². The summed E-state index contributed by atoms with van der Waals surface area (Å²) < 4.78 is 10.3. The third kappa shape index (κ3) is 5.69. The number of methoxy groups -OCH3 is 1. The van der Waals surface area contributed by atoms with Crippen molar-refractivity contribution in [2.75, 3.05) is 20.3 Å². The van der Waals surface area contributed by atoms with Crippen molar-refractivity contribution in [2.24, 2.45) is 0 Å². The Kier molecular flexibility index (Phi) is 7.00. The van der Waals surface area contributed by atoms with Gasteiger partial charge in [-0.3, -0.25) is 4.79 Å². The van der Waals surface area contributed by atoms with Crippen LogP contribution < -0.4 is 10.1 Å². The molecule has 5 nitrogen and oxygen atoms in total. The monoisotopic (exact) mass is 389 g/mol. The molecule has 0 heterocycles. The van der Waals surface area contributed by atoms with Gasteiger partial charge in [0.05, 0.1) is 12.7 Å². The minimum Gasteiger partial charge on any atom is -0.497 e. The molecule has 3 aromatic rings. The zero-order valence-corrected chi connectivity index (χ0v) is 16.3. The predicted molar refractivity (Wildman–Crippen MR) is 112 cm³/mol. The van der Waals surface area contributed by atoms with E-state index < -0.39 is 5.97 Å². The second-order valence-electron chi connectivity index (χ2n) is 6.44. The quantitative estimate of drug-likeness (QED) is 0.594. The van der Waals surface area contributed by atoms with E-state index in [9.17, 15) is 9.59 Å². The van der Waals surface area contributed by atoms with Gasteiger partial charge in [-0.1, -0.05) is 60.7 Å². The molecule has 0 bridgehead atoms. The average molecular weight is 389 g/mol. The van der Waals surface area contributed by atoms with Crippen LogP contribution in [0.4, 0.5) is 0 Å². The van der Waals surface area contributed by atoms with Crippen molar-refractivity contribution in [1.82, 2.24) is 5.32 Å². The Bertz CT molecular complexity index is 952. The molecular weight excluding hydrogens is 366 g/mol. The molecule has 3 aromatic carbocycles. The van der Waals surface area contributed by atoms with Gasteiger partial charge in [-0.2, -0.15) is 0 Å². The summed E-state index contributed by atoms with van der Waals surface area (Å²) >= 11 is 0. The largest absolute Gasteiger partial charge is 0.497 e. The molecule has 29 heavy (non-hydrogen) atoms. The number of hydrogen-bond acceptors (Lipinski definition) is 4. The lowest BCUT2D eigenvalue weighted by atomic mass is 10.00. The summed E-state index contributed by atoms with van der Waals surface area (Å²) in [5, 5.41) is 2.77. The van der Waals surface area contributed by atoms with Gasteiger partial charge in [-0.05, 0) is 41.3 Å². The SMILES string of the molecule is COc1ccc(CCNC(=O)COC(=O)c2ccccc2-c2ccccc2)cc1. The summed E-state index contributed by atoms with van der Waals surface area (Å²) in [5.41, 5.74) is 3.21. The minimum absolute atomic E-state index is 0.315. The summed E-state index contributed by atoms with van der Waals surface area (Å²) in [4.78, 5) is 24.5. The van der Waals surface area contributed by atoms with E-state index in [1.165, 1.54) is 0 Å². The van der Waals surface area contributed by atoms with Gasteiger partial charge in [0.25, 0.3) is 5.91 Å². The molecule has 0 atom stereocenters. The van der Waals surface area contributed by atoms with Crippen molar-refractivity contribution < 1.29 is 19.1 Å². The van der Waals surface area contributed by atoms with Crippen molar-refractivity contribution in [2.45, 2.75) is 6.42 Å². The van der Waals surface area contributed by atoms with Gasteiger partial charge in [0.15, 0.2) is 6.61 Å². The molecule has 0 aliphatic heterocycles. The highest BCUT2D eigenvalue weighted by Gasteiger charge is 2.15. The first kappa shape index (κ1) is 20.1. The summed E-state index contributed by atoms with van der Waals surface area (Å²) in [7, 11) is 1.62. The number of hydrogen-bond donors (Lipinski definition) is 1. The highest BCUT2D eigenvalue weighted by Crippen LogP contribution is 2.23. The highest BCUT2D eigenvalue weighted by atomic mass is 16.5. The third-order valence-corrected chi connectivity index (χ3v) is 4.46. The van der Waals surface area contributed by atoms with Gasteiger partial charge in [-0.15, -0.1) is 0 Å². The first-order valence-corrected chi connectivity index (χ1v) is 9.38. The maximum Gasteiger partial charge on any atom is 0.339 e. The molecule has 0 fully saturated rings. The molecule has 0 aromatic heterocycles. The first-order chi connectivity index (χ1) is 14.2. The Morgan fingerprint density at radius 3 is 2.28 bits per heavy atom. The van der Waals surface area contributed by atoms with Gasteiger partial charge in [-0.25, -0.2) is 4.79 Å². The zero-order chi connectivity index (χ0) is 20.5. The van der Waals surface area contributed by atoms with E-state index in [0.717, 1.165) is 22.4 Å². The maximum absolute atomic E-state index is 12.5. The van der Waals surface area contributed by atoms with Crippen LogP contribution >= 0.6 is 0 Å². The summed E-state index contributed by atoms with van der Waals surface area (Å²) in [6.07, 6.45) is 0.681.